The van der Waals surface area contributed by atoms with Crippen LogP contribution in [0.25, 0.3) is 0 Å². The van der Waals surface area contributed by atoms with Crippen LogP contribution >= 0.6 is 0 Å². The Balaban J connectivity index is 1.78. The van der Waals surface area contributed by atoms with Crippen molar-refractivity contribution >= 4 is 17.6 Å². The number of benzene rings is 2. The number of esters is 1. The molecule has 0 radical (unpaired) electrons. The molecule has 1 aliphatic heterocycles. The zero-order valence-corrected chi connectivity index (χ0v) is 14.5. The van der Waals surface area contributed by atoms with E-state index in [0.717, 1.165) is 0 Å². The Labute approximate surface area is 151 Å². The molecule has 0 bridgehead atoms. The van der Waals surface area contributed by atoms with Crippen LogP contribution in [-0.4, -0.2) is 45.4 Å². The molecular formula is C19H19NO6. The highest BCUT2D eigenvalue weighted by Crippen LogP contribution is 2.33. The number of rotatable bonds is 5. The van der Waals surface area contributed by atoms with Crippen LogP contribution in [-0.2, 0) is 14.3 Å². The number of hydrogen-bond acceptors (Lipinski definition) is 6. The predicted octanol–water partition coefficient (Wildman–Crippen LogP) is 2.04. The lowest BCUT2D eigenvalue weighted by Crippen LogP contribution is -2.48. The lowest BCUT2D eigenvalue weighted by molar-refractivity contribution is -0.148. The van der Waals surface area contributed by atoms with E-state index in [1.54, 1.807) is 42.5 Å². The average molecular weight is 357 g/mol. The first-order valence-electron chi connectivity index (χ1n) is 8.03. The van der Waals surface area contributed by atoms with Crippen LogP contribution in [0, 0.1) is 0 Å². The van der Waals surface area contributed by atoms with Crippen LogP contribution in [0.15, 0.2) is 48.5 Å². The molecule has 3 rings (SSSR count). The topological polar surface area (TPSA) is 74.3 Å². The minimum absolute atomic E-state index is 0.0534. The molecular weight excluding hydrogens is 338 g/mol. The zero-order valence-electron chi connectivity index (χ0n) is 14.5. The van der Waals surface area contributed by atoms with Gasteiger partial charge >= 0.3 is 5.97 Å². The standard InChI is InChI=1S/C19H19NO6/c1-23-15-9-5-6-10-16(15)25-12-18(21)20-11-17(19(22)24-2)26-14-8-4-3-7-13(14)20/h3-10,17H,11-12H2,1-2H3/t17-/m0/s1. The molecule has 7 heteroatoms. The third kappa shape index (κ3) is 3.56. The number of amides is 1. The number of fused-ring (bicyclic) bond motifs is 1. The molecule has 2 aromatic rings. The van der Waals surface area contributed by atoms with Crippen LogP contribution in [0.5, 0.6) is 17.2 Å². The number of methoxy groups -OCH3 is 2. The SMILES string of the molecule is COC(=O)[C@@H]1CN(C(=O)COc2ccccc2OC)c2ccccc2O1. The first kappa shape index (κ1) is 17.6. The second-order valence-corrected chi connectivity index (χ2v) is 5.54. The molecule has 0 saturated carbocycles. The van der Waals surface area contributed by atoms with E-state index in [9.17, 15) is 9.59 Å². The van der Waals surface area contributed by atoms with Crippen LogP contribution in [0.3, 0.4) is 0 Å². The molecule has 1 aliphatic rings. The Hall–Kier alpha value is -3.22. The predicted molar refractivity (Wildman–Crippen MR) is 93.7 cm³/mol. The van der Waals surface area contributed by atoms with Crippen LogP contribution < -0.4 is 19.1 Å². The van der Waals surface area contributed by atoms with Gasteiger partial charge in [-0.2, -0.15) is 0 Å². The normalized spacial score (nSPS) is 15.5. The Kier molecular flexibility index (Phi) is 5.26. The van der Waals surface area contributed by atoms with Gasteiger partial charge < -0.3 is 23.8 Å². The minimum Gasteiger partial charge on any atom is -0.493 e. The van der Waals surface area contributed by atoms with E-state index in [2.05, 4.69) is 0 Å². The average Bonchev–Trinajstić information content (AvgIpc) is 2.70. The van der Waals surface area contributed by atoms with Crippen molar-refractivity contribution in [2.24, 2.45) is 0 Å². The summed E-state index contributed by atoms with van der Waals surface area (Å²) in [6.07, 6.45) is -0.884. The molecule has 0 saturated heterocycles. The first-order valence-corrected chi connectivity index (χ1v) is 8.03. The van der Waals surface area contributed by atoms with Gasteiger partial charge in [0, 0.05) is 0 Å². The molecule has 26 heavy (non-hydrogen) atoms. The molecule has 0 fully saturated rings. The largest absolute Gasteiger partial charge is 0.493 e. The molecule has 7 nitrogen and oxygen atoms in total. The molecule has 0 unspecified atom stereocenters. The number of hydrogen-bond donors (Lipinski definition) is 0. The summed E-state index contributed by atoms with van der Waals surface area (Å²) in [5.41, 5.74) is 0.585. The third-order valence-electron chi connectivity index (χ3n) is 3.96. The molecule has 1 heterocycles. The summed E-state index contributed by atoms with van der Waals surface area (Å²) in [6, 6.07) is 14.1. The lowest BCUT2D eigenvalue weighted by atomic mass is 10.2. The van der Waals surface area contributed by atoms with Gasteiger partial charge in [0.1, 0.15) is 5.75 Å². The highest BCUT2D eigenvalue weighted by molar-refractivity contribution is 5.97. The molecule has 1 amide bonds. The fourth-order valence-corrected chi connectivity index (χ4v) is 2.68. The van der Waals surface area contributed by atoms with Gasteiger partial charge in [0.25, 0.3) is 5.91 Å². The molecule has 0 N–H and O–H groups in total. The third-order valence-corrected chi connectivity index (χ3v) is 3.96. The van der Waals surface area contributed by atoms with Crippen molar-refractivity contribution in [3.63, 3.8) is 0 Å². The van der Waals surface area contributed by atoms with E-state index in [4.69, 9.17) is 18.9 Å². The maximum absolute atomic E-state index is 12.7. The van der Waals surface area contributed by atoms with E-state index < -0.39 is 12.1 Å². The number of para-hydroxylation sites is 4. The number of ether oxygens (including phenoxy) is 4. The van der Waals surface area contributed by atoms with Gasteiger partial charge in [-0.25, -0.2) is 4.79 Å². The summed E-state index contributed by atoms with van der Waals surface area (Å²) in [4.78, 5) is 26.1. The fraction of sp³-hybridized carbons (Fsp3) is 0.263. The molecule has 2 aromatic carbocycles. The minimum atomic E-state index is -0.884. The summed E-state index contributed by atoms with van der Waals surface area (Å²) >= 11 is 0. The van der Waals surface area contributed by atoms with Crippen molar-refractivity contribution < 1.29 is 28.5 Å². The van der Waals surface area contributed by atoms with Crippen LogP contribution in [0.1, 0.15) is 0 Å². The van der Waals surface area contributed by atoms with Crippen molar-refractivity contribution in [1.82, 2.24) is 0 Å². The second-order valence-electron chi connectivity index (χ2n) is 5.54. The van der Waals surface area contributed by atoms with E-state index in [-0.39, 0.29) is 19.1 Å². The van der Waals surface area contributed by atoms with Gasteiger partial charge in [0.2, 0.25) is 6.10 Å². The monoisotopic (exact) mass is 357 g/mol. The highest BCUT2D eigenvalue weighted by Gasteiger charge is 2.34. The summed E-state index contributed by atoms with van der Waals surface area (Å²) in [5.74, 6) is 0.604. The molecule has 1 atom stereocenters. The summed E-state index contributed by atoms with van der Waals surface area (Å²) < 4.78 is 21.2. The van der Waals surface area contributed by atoms with Gasteiger partial charge in [0.15, 0.2) is 18.1 Å². The van der Waals surface area contributed by atoms with Gasteiger partial charge in [-0.05, 0) is 24.3 Å². The molecule has 136 valence electrons. The maximum atomic E-state index is 12.7. The molecule has 0 aliphatic carbocycles. The Morgan fingerprint density at radius 3 is 2.50 bits per heavy atom. The number of nitrogens with zero attached hydrogens (tertiary/aromatic N) is 1. The molecule has 0 aromatic heterocycles. The van der Waals surface area contributed by atoms with Crippen molar-refractivity contribution in [3.8, 4) is 17.2 Å². The summed E-state index contributed by atoms with van der Waals surface area (Å²) in [6.45, 7) is -0.152. The van der Waals surface area contributed by atoms with Crippen molar-refractivity contribution in [2.75, 3.05) is 32.3 Å². The number of carbonyl (C=O) groups is 2. The summed E-state index contributed by atoms with van der Waals surface area (Å²) in [5, 5.41) is 0. The van der Waals surface area contributed by atoms with E-state index >= 15 is 0 Å². The van der Waals surface area contributed by atoms with Crippen molar-refractivity contribution in [2.45, 2.75) is 6.10 Å². The van der Waals surface area contributed by atoms with Gasteiger partial charge in [0.05, 0.1) is 26.5 Å². The van der Waals surface area contributed by atoms with E-state index in [0.29, 0.717) is 22.9 Å². The van der Waals surface area contributed by atoms with Gasteiger partial charge in [-0.15, -0.1) is 0 Å². The fourth-order valence-electron chi connectivity index (χ4n) is 2.68. The Morgan fingerprint density at radius 1 is 1.08 bits per heavy atom. The number of anilines is 1. The van der Waals surface area contributed by atoms with Crippen LogP contribution in [0.2, 0.25) is 0 Å². The second kappa shape index (κ2) is 7.77. The highest BCUT2D eigenvalue weighted by atomic mass is 16.6. The Bertz CT molecular complexity index is 806. The van der Waals surface area contributed by atoms with Crippen molar-refractivity contribution in [1.29, 1.82) is 0 Å². The number of carbonyl (C=O) groups excluding carboxylic acids is 2. The quantitative estimate of drug-likeness (QED) is 0.763. The Morgan fingerprint density at radius 2 is 1.77 bits per heavy atom. The van der Waals surface area contributed by atoms with Gasteiger partial charge in [-0.1, -0.05) is 24.3 Å². The van der Waals surface area contributed by atoms with E-state index in [1.807, 2.05) is 6.07 Å². The molecule has 0 spiro atoms. The van der Waals surface area contributed by atoms with Crippen molar-refractivity contribution in [3.05, 3.63) is 48.5 Å². The summed E-state index contributed by atoms with van der Waals surface area (Å²) in [7, 11) is 2.81. The maximum Gasteiger partial charge on any atom is 0.348 e. The van der Waals surface area contributed by atoms with Gasteiger partial charge in [-0.3, -0.25) is 4.79 Å². The lowest BCUT2D eigenvalue weighted by Gasteiger charge is -2.33. The van der Waals surface area contributed by atoms with E-state index in [1.165, 1.54) is 19.1 Å². The smallest absolute Gasteiger partial charge is 0.348 e. The van der Waals surface area contributed by atoms with Crippen LogP contribution in [0.4, 0.5) is 5.69 Å². The zero-order chi connectivity index (χ0) is 18.5. The first-order chi connectivity index (χ1) is 12.6.